The fraction of sp³-hybridized carbons (Fsp3) is 0.143. The molecule has 0 fully saturated rings. The van der Waals surface area contributed by atoms with Gasteiger partial charge in [-0.15, -0.1) is 0 Å². The second-order valence-corrected chi connectivity index (χ2v) is 5.17. The summed E-state index contributed by atoms with van der Waals surface area (Å²) in [5, 5.41) is 14.1. The maximum Gasteiger partial charge on any atom is 0.292 e. The van der Waals surface area contributed by atoms with E-state index >= 15 is 0 Å². The third kappa shape index (κ3) is 3.54. The summed E-state index contributed by atoms with van der Waals surface area (Å²) in [7, 11) is 0. The first-order chi connectivity index (χ1) is 9.06. The van der Waals surface area contributed by atoms with Crippen molar-refractivity contribution in [2.24, 2.45) is 0 Å². The first kappa shape index (κ1) is 13.5. The van der Waals surface area contributed by atoms with Gasteiger partial charge in [0.25, 0.3) is 5.69 Å². The molecule has 0 amide bonds. The fourth-order valence-electron chi connectivity index (χ4n) is 1.74. The minimum absolute atomic E-state index is 0.108. The molecule has 0 saturated carbocycles. The number of anilines is 1. The van der Waals surface area contributed by atoms with Crippen LogP contribution in [0.15, 0.2) is 46.9 Å². The molecule has 2 aromatic rings. The Morgan fingerprint density at radius 1 is 1.21 bits per heavy atom. The third-order valence-corrected chi connectivity index (χ3v) is 3.27. The number of nitrogens with zero attached hydrogens (tertiary/aromatic N) is 1. The van der Waals surface area contributed by atoms with E-state index in [-0.39, 0.29) is 10.6 Å². The molecule has 0 aromatic heterocycles. The van der Waals surface area contributed by atoms with Gasteiger partial charge in [-0.05, 0) is 36.2 Å². The molecule has 0 aliphatic heterocycles. The van der Waals surface area contributed by atoms with Crippen LogP contribution in [0, 0.1) is 17.0 Å². The Labute approximate surface area is 119 Å². The maximum absolute atomic E-state index is 11.0. The lowest BCUT2D eigenvalue weighted by molar-refractivity contribution is -0.384. The smallest absolute Gasteiger partial charge is 0.292 e. The van der Waals surface area contributed by atoms with Crippen molar-refractivity contribution in [3.63, 3.8) is 0 Å². The molecule has 0 radical (unpaired) electrons. The number of nitro groups is 1. The SMILES string of the molecule is Cc1ccc(NCc2ccc(Br)cc2)c([N+](=O)[O-])c1. The van der Waals surface area contributed by atoms with Crippen LogP contribution in [-0.2, 0) is 6.54 Å². The molecule has 0 aliphatic carbocycles. The van der Waals surface area contributed by atoms with E-state index < -0.39 is 0 Å². The Morgan fingerprint density at radius 3 is 2.53 bits per heavy atom. The highest BCUT2D eigenvalue weighted by Gasteiger charge is 2.13. The van der Waals surface area contributed by atoms with E-state index in [2.05, 4.69) is 21.2 Å². The standard InChI is InChI=1S/C14H13BrN2O2/c1-10-2-7-13(14(8-10)17(18)19)16-9-11-3-5-12(15)6-4-11/h2-8,16H,9H2,1H3. The highest BCUT2D eigenvalue weighted by Crippen LogP contribution is 2.25. The fourth-order valence-corrected chi connectivity index (χ4v) is 2.01. The molecule has 2 aromatic carbocycles. The zero-order chi connectivity index (χ0) is 13.8. The predicted octanol–water partition coefficient (Wildman–Crippen LogP) is 4.28. The van der Waals surface area contributed by atoms with Gasteiger partial charge in [0.1, 0.15) is 5.69 Å². The Morgan fingerprint density at radius 2 is 1.89 bits per heavy atom. The highest BCUT2D eigenvalue weighted by molar-refractivity contribution is 9.10. The normalized spacial score (nSPS) is 10.2. The Hall–Kier alpha value is -1.88. The van der Waals surface area contributed by atoms with Gasteiger partial charge in [0.05, 0.1) is 4.92 Å². The van der Waals surface area contributed by atoms with Gasteiger partial charge in [-0.1, -0.05) is 34.1 Å². The molecule has 98 valence electrons. The maximum atomic E-state index is 11.0. The molecule has 0 unspecified atom stereocenters. The number of rotatable bonds is 4. The summed E-state index contributed by atoms with van der Waals surface area (Å²) in [6.07, 6.45) is 0. The lowest BCUT2D eigenvalue weighted by Crippen LogP contribution is -2.02. The lowest BCUT2D eigenvalue weighted by Gasteiger charge is -2.08. The van der Waals surface area contributed by atoms with Gasteiger partial charge >= 0.3 is 0 Å². The average Bonchev–Trinajstić information content (AvgIpc) is 2.39. The number of aryl methyl sites for hydroxylation is 1. The van der Waals surface area contributed by atoms with Crippen molar-refractivity contribution >= 4 is 27.3 Å². The van der Waals surface area contributed by atoms with Crippen LogP contribution in [0.5, 0.6) is 0 Å². The number of nitrogens with one attached hydrogen (secondary N) is 1. The molecule has 0 spiro atoms. The summed E-state index contributed by atoms with van der Waals surface area (Å²) in [6.45, 7) is 2.39. The van der Waals surface area contributed by atoms with Crippen LogP contribution in [-0.4, -0.2) is 4.92 Å². The van der Waals surface area contributed by atoms with E-state index in [9.17, 15) is 10.1 Å². The molecule has 0 aliphatic rings. The van der Waals surface area contributed by atoms with Crippen LogP contribution in [0.25, 0.3) is 0 Å². The minimum atomic E-state index is -0.364. The van der Waals surface area contributed by atoms with Crippen LogP contribution < -0.4 is 5.32 Å². The molecule has 4 nitrogen and oxygen atoms in total. The van der Waals surface area contributed by atoms with E-state index in [0.717, 1.165) is 15.6 Å². The number of halogens is 1. The second-order valence-electron chi connectivity index (χ2n) is 4.26. The summed E-state index contributed by atoms with van der Waals surface area (Å²) in [6, 6.07) is 13.0. The highest BCUT2D eigenvalue weighted by atomic mass is 79.9. The van der Waals surface area contributed by atoms with Crippen molar-refractivity contribution in [3.05, 3.63) is 68.2 Å². The molecule has 0 atom stereocenters. The van der Waals surface area contributed by atoms with Gasteiger partial charge in [0.2, 0.25) is 0 Å². The molecule has 1 N–H and O–H groups in total. The summed E-state index contributed by atoms with van der Waals surface area (Å²) < 4.78 is 1.01. The van der Waals surface area contributed by atoms with Crippen LogP contribution in [0.4, 0.5) is 11.4 Å². The van der Waals surface area contributed by atoms with Crippen molar-refractivity contribution < 1.29 is 4.92 Å². The van der Waals surface area contributed by atoms with Gasteiger partial charge in [0, 0.05) is 17.1 Å². The summed E-state index contributed by atoms with van der Waals surface area (Å²) in [5.74, 6) is 0. The first-order valence-electron chi connectivity index (χ1n) is 5.79. The van der Waals surface area contributed by atoms with E-state index in [1.54, 1.807) is 12.1 Å². The lowest BCUT2D eigenvalue weighted by atomic mass is 10.1. The summed E-state index contributed by atoms with van der Waals surface area (Å²) in [4.78, 5) is 10.6. The van der Waals surface area contributed by atoms with E-state index in [1.165, 1.54) is 0 Å². The Balaban J connectivity index is 2.15. The monoisotopic (exact) mass is 320 g/mol. The Bertz CT molecular complexity index is 597. The first-order valence-corrected chi connectivity index (χ1v) is 6.59. The van der Waals surface area contributed by atoms with Crippen LogP contribution in [0.1, 0.15) is 11.1 Å². The van der Waals surface area contributed by atoms with Crippen molar-refractivity contribution in [1.82, 2.24) is 0 Å². The third-order valence-electron chi connectivity index (χ3n) is 2.75. The van der Waals surface area contributed by atoms with E-state index in [1.807, 2.05) is 37.3 Å². The molecular weight excluding hydrogens is 308 g/mol. The predicted molar refractivity (Wildman–Crippen MR) is 79.3 cm³/mol. The van der Waals surface area contributed by atoms with Gasteiger partial charge < -0.3 is 5.32 Å². The van der Waals surface area contributed by atoms with Crippen molar-refractivity contribution in [2.75, 3.05) is 5.32 Å². The topological polar surface area (TPSA) is 55.2 Å². The quantitative estimate of drug-likeness (QED) is 0.675. The van der Waals surface area contributed by atoms with Crippen LogP contribution in [0.2, 0.25) is 0 Å². The van der Waals surface area contributed by atoms with Crippen LogP contribution in [0.3, 0.4) is 0 Å². The molecule has 0 heterocycles. The zero-order valence-corrected chi connectivity index (χ0v) is 12.0. The number of hydrogen-bond acceptors (Lipinski definition) is 3. The van der Waals surface area contributed by atoms with Gasteiger partial charge in [-0.2, -0.15) is 0 Å². The van der Waals surface area contributed by atoms with Gasteiger partial charge in [0.15, 0.2) is 0 Å². The van der Waals surface area contributed by atoms with Crippen LogP contribution >= 0.6 is 15.9 Å². The largest absolute Gasteiger partial charge is 0.375 e. The molecule has 0 saturated heterocycles. The van der Waals surface area contributed by atoms with Crippen molar-refractivity contribution in [2.45, 2.75) is 13.5 Å². The molecular formula is C14H13BrN2O2. The Kier molecular flexibility index (Phi) is 4.16. The van der Waals surface area contributed by atoms with Crippen molar-refractivity contribution in [3.8, 4) is 0 Å². The molecule has 5 heteroatoms. The minimum Gasteiger partial charge on any atom is -0.375 e. The summed E-state index contributed by atoms with van der Waals surface area (Å²) >= 11 is 3.37. The molecule has 2 rings (SSSR count). The summed E-state index contributed by atoms with van der Waals surface area (Å²) in [5.41, 5.74) is 2.59. The van der Waals surface area contributed by atoms with Gasteiger partial charge in [-0.3, -0.25) is 10.1 Å². The second kappa shape index (κ2) is 5.84. The van der Waals surface area contributed by atoms with E-state index in [0.29, 0.717) is 12.2 Å². The van der Waals surface area contributed by atoms with E-state index in [4.69, 9.17) is 0 Å². The molecule has 19 heavy (non-hydrogen) atoms. The number of hydrogen-bond donors (Lipinski definition) is 1. The average molecular weight is 321 g/mol. The number of nitro benzene ring substituents is 1. The number of benzene rings is 2. The van der Waals surface area contributed by atoms with Gasteiger partial charge in [-0.25, -0.2) is 0 Å². The molecule has 0 bridgehead atoms. The van der Waals surface area contributed by atoms with Crippen molar-refractivity contribution in [1.29, 1.82) is 0 Å². The zero-order valence-electron chi connectivity index (χ0n) is 10.4.